The maximum Gasteiger partial charge on any atom is 0.143 e. The first kappa shape index (κ1) is 11.4. The molecule has 1 nitrogen and oxygen atoms in total. The minimum atomic E-state index is -0.463. The zero-order valence-corrected chi connectivity index (χ0v) is 9.04. The Bertz CT molecular complexity index is 125. The fourth-order valence-electron chi connectivity index (χ4n) is 0.417. The van der Waals surface area contributed by atoms with Crippen molar-refractivity contribution in [3.05, 3.63) is 12.7 Å². The minimum absolute atomic E-state index is 0.463. The van der Waals surface area contributed by atoms with Crippen molar-refractivity contribution < 1.29 is 4.18 Å². The molecule has 0 amide bonds. The van der Waals surface area contributed by atoms with E-state index in [0.29, 0.717) is 5.25 Å². The first-order valence-corrected chi connectivity index (χ1v) is 4.99. The summed E-state index contributed by atoms with van der Waals surface area (Å²) in [6.45, 7) is 9.85. The normalized spacial score (nSPS) is 16.5. The zero-order valence-electron chi connectivity index (χ0n) is 7.33. The Morgan fingerprint density at radius 2 is 2.27 bits per heavy atom. The molecule has 0 aliphatic rings. The number of thiol groups is 1. The topological polar surface area (TPSA) is 9.23 Å². The van der Waals surface area contributed by atoms with Gasteiger partial charge in [0.25, 0.3) is 0 Å². The summed E-state index contributed by atoms with van der Waals surface area (Å²) in [7, 11) is 0. The molecule has 1 unspecified atom stereocenters. The average Bonchev–Trinajstić information content (AvgIpc) is 2.00. The monoisotopic (exact) mass is 192 g/mol. The second kappa shape index (κ2) is 5.12. The first-order chi connectivity index (χ1) is 5.04. The molecule has 0 aliphatic carbocycles. The summed E-state index contributed by atoms with van der Waals surface area (Å²) in [5, 5.41) is 0.466. The standard InChI is InChI=1S/C8H16OS2/c1-5-8(10,6-2)9-11-7(3)4/h5,7,10H,1,6H2,2-4H3. The van der Waals surface area contributed by atoms with Crippen molar-refractivity contribution >= 4 is 24.7 Å². The fourth-order valence-corrected chi connectivity index (χ4v) is 1.09. The Morgan fingerprint density at radius 3 is 2.55 bits per heavy atom. The van der Waals surface area contributed by atoms with Gasteiger partial charge in [-0.05, 0) is 24.5 Å². The molecule has 0 spiro atoms. The Kier molecular flexibility index (Phi) is 5.30. The smallest absolute Gasteiger partial charge is 0.143 e. The van der Waals surface area contributed by atoms with Crippen molar-refractivity contribution in [2.24, 2.45) is 0 Å². The second-order valence-electron chi connectivity index (χ2n) is 2.63. The molecule has 0 rings (SSSR count). The summed E-state index contributed by atoms with van der Waals surface area (Å²) in [5.74, 6) is 0. The van der Waals surface area contributed by atoms with Gasteiger partial charge >= 0.3 is 0 Å². The SMILES string of the molecule is C=CC(S)(CC)OSC(C)C. The molecule has 66 valence electrons. The third-order valence-electron chi connectivity index (χ3n) is 1.21. The summed E-state index contributed by atoms with van der Waals surface area (Å²) in [4.78, 5) is -0.463. The van der Waals surface area contributed by atoms with Gasteiger partial charge in [0.15, 0.2) is 0 Å². The van der Waals surface area contributed by atoms with Gasteiger partial charge in [0.2, 0.25) is 0 Å². The lowest BCUT2D eigenvalue weighted by atomic mass is 10.3. The van der Waals surface area contributed by atoms with Gasteiger partial charge in [-0.3, -0.25) is 4.18 Å². The van der Waals surface area contributed by atoms with Crippen LogP contribution in [0, 0.1) is 0 Å². The molecule has 0 radical (unpaired) electrons. The van der Waals surface area contributed by atoms with E-state index in [-0.39, 0.29) is 0 Å². The molecule has 0 aromatic rings. The Balaban J connectivity index is 3.78. The molecule has 0 aromatic heterocycles. The zero-order chi connectivity index (χ0) is 8.91. The lowest BCUT2D eigenvalue weighted by Crippen LogP contribution is -2.18. The van der Waals surface area contributed by atoms with Crippen molar-refractivity contribution in [3.63, 3.8) is 0 Å². The van der Waals surface area contributed by atoms with E-state index < -0.39 is 4.93 Å². The molecule has 11 heavy (non-hydrogen) atoms. The van der Waals surface area contributed by atoms with Crippen LogP contribution in [0.1, 0.15) is 27.2 Å². The molecule has 0 saturated heterocycles. The van der Waals surface area contributed by atoms with E-state index >= 15 is 0 Å². The lowest BCUT2D eigenvalue weighted by molar-refractivity contribution is 0.254. The van der Waals surface area contributed by atoms with Crippen molar-refractivity contribution in [3.8, 4) is 0 Å². The molecule has 1 atom stereocenters. The predicted molar refractivity (Wildman–Crippen MR) is 56.0 cm³/mol. The highest BCUT2D eigenvalue weighted by molar-refractivity contribution is 7.95. The molecule has 0 N–H and O–H groups in total. The summed E-state index contributed by atoms with van der Waals surface area (Å²) in [6, 6.07) is 0. The summed E-state index contributed by atoms with van der Waals surface area (Å²) >= 11 is 5.77. The quantitative estimate of drug-likeness (QED) is 0.310. The van der Waals surface area contributed by atoms with Gasteiger partial charge in [-0.1, -0.05) is 27.4 Å². The summed E-state index contributed by atoms with van der Waals surface area (Å²) < 4.78 is 5.45. The summed E-state index contributed by atoms with van der Waals surface area (Å²) in [6.07, 6.45) is 2.56. The molecule has 0 fully saturated rings. The van der Waals surface area contributed by atoms with Crippen LogP contribution >= 0.6 is 24.7 Å². The van der Waals surface area contributed by atoms with E-state index in [2.05, 4.69) is 33.1 Å². The molecular formula is C8H16OS2. The molecular weight excluding hydrogens is 176 g/mol. The van der Waals surface area contributed by atoms with Crippen LogP contribution in [0.5, 0.6) is 0 Å². The third-order valence-corrected chi connectivity index (χ3v) is 2.70. The number of hydrogen-bond acceptors (Lipinski definition) is 3. The van der Waals surface area contributed by atoms with E-state index in [1.165, 1.54) is 12.0 Å². The van der Waals surface area contributed by atoms with Crippen LogP contribution in [0.2, 0.25) is 0 Å². The molecule has 0 aliphatic heterocycles. The Hall–Kier alpha value is 0.400. The number of hydrogen-bond donors (Lipinski definition) is 1. The van der Waals surface area contributed by atoms with E-state index in [1.807, 2.05) is 6.92 Å². The average molecular weight is 192 g/mol. The Morgan fingerprint density at radius 1 is 1.73 bits per heavy atom. The van der Waals surface area contributed by atoms with Gasteiger partial charge in [0, 0.05) is 5.25 Å². The van der Waals surface area contributed by atoms with Gasteiger partial charge in [0.1, 0.15) is 4.93 Å². The Labute approximate surface area is 79.2 Å². The predicted octanol–water partition coefficient (Wildman–Crippen LogP) is 3.28. The van der Waals surface area contributed by atoms with Crippen LogP contribution in [0.3, 0.4) is 0 Å². The van der Waals surface area contributed by atoms with Gasteiger partial charge in [0.05, 0.1) is 0 Å². The lowest BCUT2D eigenvalue weighted by Gasteiger charge is -2.22. The van der Waals surface area contributed by atoms with Crippen LogP contribution in [-0.4, -0.2) is 10.2 Å². The first-order valence-electron chi connectivity index (χ1n) is 3.74. The van der Waals surface area contributed by atoms with Crippen LogP contribution in [-0.2, 0) is 4.18 Å². The fraction of sp³-hybridized carbons (Fsp3) is 0.750. The van der Waals surface area contributed by atoms with Crippen LogP contribution in [0.4, 0.5) is 0 Å². The van der Waals surface area contributed by atoms with Crippen LogP contribution < -0.4 is 0 Å². The highest BCUT2D eigenvalue weighted by atomic mass is 32.2. The van der Waals surface area contributed by atoms with Crippen molar-refractivity contribution in [2.75, 3.05) is 0 Å². The van der Waals surface area contributed by atoms with E-state index in [9.17, 15) is 0 Å². The highest BCUT2D eigenvalue weighted by Crippen LogP contribution is 2.29. The molecule has 0 bridgehead atoms. The van der Waals surface area contributed by atoms with Gasteiger partial charge in [-0.25, -0.2) is 0 Å². The summed E-state index contributed by atoms with van der Waals surface area (Å²) in [5.41, 5.74) is 0. The van der Waals surface area contributed by atoms with Crippen LogP contribution in [0.15, 0.2) is 12.7 Å². The third kappa shape index (κ3) is 4.77. The largest absolute Gasteiger partial charge is 0.294 e. The maximum absolute atomic E-state index is 5.45. The van der Waals surface area contributed by atoms with Gasteiger partial charge in [-0.15, -0.1) is 12.6 Å². The molecule has 0 saturated carbocycles. The highest BCUT2D eigenvalue weighted by Gasteiger charge is 2.20. The van der Waals surface area contributed by atoms with E-state index in [4.69, 9.17) is 4.18 Å². The van der Waals surface area contributed by atoms with Crippen LogP contribution in [0.25, 0.3) is 0 Å². The van der Waals surface area contributed by atoms with E-state index in [0.717, 1.165) is 6.42 Å². The maximum atomic E-state index is 5.45. The molecule has 0 aromatic carbocycles. The van der Waals surface area contributed by atoms with Crippen molar-refractivity contribution in [1.29, 1.82) is 0 Å². The second-order valence-corrected chi connectivity index (χ2v) is 4.69. The minimum Gasteiger partial charge on any atom is -0.294 e. The van der Waals surface area contributed by atoms with Gasteiger partial charge in [-0.2, -0.15) is 0 Å². The van der Waals surface area contributed by atoms with Crippen molar-refractivity contribution in [2.45, 2.75) is 37.4 Å². The number of rotatable bonds is 5. The van der Waals surface area contributed by atoms with Gasteiger partial charge < -0.3 is 0 Å². The molecule has 3 heteroatoms. The van der Waals surface area contributed by atoms with E-state index in [1.54, 1.807) is 6.08 Å². The van der Waals surface area contributed by atoms with Crippen molar-refractivity contribution in [1.82, 2.24) is 0 Å². The molecule has 0 heterocycles.